The maximum absolute atomic E-state index is 10.4. The van der Waals surface area contributed by atoms with Gasteiger partial charge in [0.15, 0.2) is 11.4 Å². The molecule has 0 spiro atoms. The van der Waals surface area contributed by atoms with Gasteiger partial charge in [-0.2, -0.15) is 0 Å². The van der Waals surface area contributed by atoms with Crippen LogP contribution in [0.15, 0.2) is 6.07 Å². The summed E-state index contributed by atoms with van der Waals surface area (Å²) >= 11 is 0. The lowest BCUT2D eigenvalue weighted by atomic mass is 10.3. The number of hydrogen-bond donors (Lipinski definition) is 2. The van der Waals surface area contributed by atoms with E-state index in [2.05, 4.69) is 9.97 Å². The van der Waals surface area contributed by atoms with Gasteiger partial charge in [0.05, 0.1) is 0 Å². The third kappa shape index (κ3) is 1.98. The molecule has 0 aliphatic heterocycles. The molecular formula is C7H6N2O4. The third-order valence-corrected chi connectivity index (χ3v) is 1.28. The molecule has 0 bridgehead atoms. The number of aryl methyl sites for hydroxylation is 1. The van der Waals surface area contributed by atoms with E-state index in [4.69, 9.17) is 10.2 Å². The molecule has 68 valence electrons. The van der Waals surface area contributed by atoms with E-state index in [0.29, 0.717) is 0 Å². The van der Waals surface area contributed by atoms with Crippen molar-refractivity contribution in [2.24, 2.45) is 0 Å². The van der Waals surface area contributed by atoms with Crippen LogP contribution >= 0.6 is 0 Å². The van der Waals surface area contributed by atoms with Crippen molar-refractivity contribution in [1.29, 1.82) is 0 Å². The average molecular weight is 182 g/mol. The topological polar surface area (TPSA) is 100 Å². The van der Waals surface area contributed by atoms with Crippen LogP contribution in [0.5, 0.6) is 0 Å². The number of aromatic nitrogens is 2. The van der Waals surface area contributed by atoms with Crippen LogP contribution in [0.4, 0.5) is 0 Å². The molecule has 2 N–H and O–H groups in total. The Morgan fingerprint density at radius 1 is 1.15 bits per heavy atom. The predicted molar refractivity (Wildman–Crippen MR) is 40.7 cm³/mol. The zero-order valence-electron chi connectivity index (χ0n) is 6.68. The second-order valence-corrected chi connectivity index (χ2v) is 2.30. The summed E-state index contributed by atoms with van der Waals surface area (Å²) in [6, 6.07) is 0.914. The van der Waals surface area contributed by atoms with Gasteiger partial charge in [-0.15, -0.1) is 0 Å². The summed E-state index contributed by atoms with van der Waals surface area (Å²) in [5, 5.41) is 17.1. The molecule has 13 heavy (non-hydrogen) atoms. The van der Waals surface area contributed by atoms with Gasteiger partial charge in [0.2, 0.25) is 0 Å². The quantitative estimate of drug-likeness (QED) is 0.676. The first kappa shape index (κ1) is 9.11. The van der Waals surface area contributed by atoms with Crippen molar-refractivity contribution in [1.82, 2.24) is 9.97 Å². The van der Waals surface area contributed by atoms with Gasteiger partial charge in [0.1, 0.15) is 5.82 Å². The highest BCUT2D eigenvalue weighted by atomic mass is 16.4. The normalized spacial score (nSPS) is 9.62. The van der Waals surface area contributed by atoms with E-state index in [0.717, 1.165) is 6.07 Å². The first-order valence-electron chi connectivity index (χ1n) is 3.33. The molecule has 0 fully saturated rings. The summed E-state index contributed by atoms with van der Waals surface area (Å²) in [4.78, 5) is 28.0. The number of nitrogens with zero attached hydrogens (tertiary/aromatic N) is 2. The van der Waals surface area contributed by atoms with Crippen molar-refractivity contribution in [2.45, 2.75) is 6.92 Å². The summed E-state index contributed by atoms with van der Waals surface area (Å²) in [7, 11) is 0. The van der Waals surface area contributed by atoms with Crippen LogP contribution in [-0.2, 0) is 0 Å². The summed E-state index contributed by atoms with van der Waals surface area (Å²) in [5.41, 5.74) is -0.630. The van der Waals surface area contributed by atoms with Crippen molar-refractivity contribution in [3.63, 3.8) is 0 Å². The van der Waals surface area contributed by atoms with Gasteiger partial charge in [0, 0.05) is 6.07 Å². The Morgan fingerprint density at radius 3 is 1.85 bits per heavy atom. The zero-order valence-corrected chi connectivity index (χ0v) is 6.68. The molecule has 6 nitrogen and oxygen atoms in total. The van der Waals surface area contributed by atoms with Gasteiger partial charge >= 0.3 is 11.9 Å². The van der Waals surface area contributed by atoms with Crippen LogP contribution in [-0.4, -0.2) is 32.1 Å². The molecule has 0 saturated carbocycles. The predicted octanol–water partition coefficient (Wildman–Crippen LogP) is 0.181. The Morgan fingerprint density at radius 2 is 1.54 bits per heavy atom. The summed E-state index contributed by atoms with van der Waals surface area (Å²) in [6.45, 7) is 1.43. The molecule has 0 radical (unpaired) electrons. The minimum Gasteiger partial charge on any atom is -0.477 e. The second-order valence-electron chi connectivity index (χ2n) is 2.30. The molecule has 0 aliphatic rings. The number of carboxylic acid groups (broad SMARTS) is 2. The fraction of sp³-hybridized carbons (Fsp3) is 0.143. The number of carboxylic acids is 2. The van der Waals surface area contributed by atoms with E-state index in [1.54, 1.807) is 0 Å². The van der Waals surface area contributed by atoms with E-state index in [1.807, 2.05) is 0 Å². The summed E-state index contributed by atoms with van der Waals surface area (Å²) in [6.07, 6.45) is 0. The maximum atomic E-state index is 10.4. The fourth-order valence-electron chi connectivity index (χ4n) is 0.787. The molecule has 0 atom stereocenters. The first-order valence-corrected chi connectivity index (χ1v) is 3.33. The van der Waals surface area contributed by atoms with Crippen molar-refractivity contribution in [3.8, 4) is 0 Å². The molecule has 0 saturated heterocycles. The van der Waals surface area contributed by atoms with Gasteiger partial charge in [-0.3, -0.25) is 0 Å². The second kappa shape index (κ2) is 3.18. The Balaban J connectivity index is 3.26. The molecule has 1 heterocycles. The van der Waals surface area contributed by atoms with Crippen molar-refractivity contribution in [2.75, 3.05) is 0 Å². The number of rotatable bonds is 2. The van der Waals surface area contributed by atoms with E-state index in [-0.39, 0.29) is 17.2 Å². The van der Waals surface area contributed by atoms with Gasteiger partial charge in [-0.1, -0.05) is 0 Å². The van der Waals surface area contributed by atoms with Gasteiger partial charge in [-0.05, 0) is 6.92 Å². The zero-order chi connectivity index (χ0) is 10.0. The summed E-state index contributed by atoms with van der Waals surface area (Å²) in [5.74, 6) is -2.42. The standard InChI is InChI=1S/C7H6N2O4/c1-3-8-4(6(10)11)2-5(9-3)7(12)13/h2H,1H3,(H,10,11)(H,12,13). The lowest BCUT2D eigenvalue weighted by Crippen LogP contribution is -2.09. The van der Waals surface area contributed by atoms with Crippen molar-refractivity contribution >= 4 is 11.9 Å². The monoisotopic (exact) mass is 182 g/mol. The van der Waals surface area contributed by atoms with E-state index in [9.17, 15) is 9.59 Å². The molecule has 1 aromatic heterocycles. The lowest BCUT2D eigenvalue weighted by Gasteiger charge is -1.98. The molecule has 0 amide bonds. The van der Waals surface area contributed by atoms with Gasteiger partial charge in [0.25, 0.3) is 0 Å². The van der Waals surface area contributed by atoms with E-state index < -0.39 is 11.9 Å². The number of aromatic carboxylic acids is 2. The minimum atomic E-state index is -1.27. The molecule has 6 heteroatoms. The molecular weight excluding hydrogens is 176 g/mol. The molecule has 0 aliphatic carbocycles. The highest BCUT2D eigenvalue weighted by molar-refractivity contribution is 5.90. The molecule has 1 aromatic rings. The smallest absolute Gasteiger partial charge is 0.354 e. The van der Waals surface area contributed by atoms with E-state index in [1.165, 1.54) is 6.92 Å². The summed E-state index contributed by atoms with van der Waals surface area (Å²) < 4.78 is 0. The maximum Gasteiger partial charge on any atom is 0.354 e. The highest BCUT2D eigenvalue weighted by Gasteiger charge is 2.12. The number of hydrogen-bond acceptors (Lipinski definition) is 4. The SMILES string of the molecule is Cc1nc(C(=O)O)cc(C(=O)O)n1. The van der Waals surface area contributed by atoms with Crippen molar-refractivity contribution < 1.29 is 19.8 Å². The Kier molecular flexibility index (Phi) is 2.23. The van der Waals surface area contributed by atoms with Crippen LogP contribution in [0.3, 0.4) is 0 Å². The van der Waals surface area contributed by atoms with Gasteiger partial charge < -0.3 is 10.2 Å². The highest BCUT2D eigenvalue weighted by Crippen LogP contribution is 2.01. The van der Waals surface area contributed by atoms with Crippen molar-refractivity contribution in [3.05, 3.63) is 23.3 Å². The van der Waals surface area contributed by atoms with E-state index >= 15 is 0 Å². The lowest BCUT2D eigenvalue weighted by molar-refractivity contribution is 0.0688. The van der Waals surface area contributed by atoms with Crippen LogP contribution in [0.1, 0.15) is 26.8 Å². The Labute approximate surface area is 72.9 Å². The third-order valence-electron chi connectivity index (χ3n) is 1.28. The number of carbonyl (C=O) groups is 2. The average Bonchev–Trinajstić information content (AvgIpc) is 2.03. The van der Waals surface area contributed by atoms with Crippen LogP contribution in [0, 0.1) is 6.92 Å². The van der Waals surface area contributed by atoms with Crippen LogP contribution in [0.2, 0.25) is 0 Å². The molecule has 0 unspecified atom stereocenters. The molecule has 0 aromatic carbocycles. The fourth-order valence-corrected chi connectivity index (χ4v) is 0.787. The molecule has 1 rings (SSSR count). The Hall–Kier alpha value is -1.98. The largest absolute Gasteiger partial charge is 0.477 e. The van der Waals surface area contributed by atoms with Crippen LogP contribution in [0.25, 0.3) is 0 Å². The van der Waals surface area contributed by atoms with Crippen LogP contribution < -0.4 is 0 Å². The first-order chi connectivity index (χ1) is 6.00. The van der Waals surface area contributed by atoms with Gasteiger partial charge in [-0.25, -0.2) is 19.6 Å². The Bertz CT molecular complexity index is 343. The minimum absolute atomic E-state index is 0.123.